The van der Waals surface area contributed by atoms with E-state index in [9.17, 15) is 13.6 Å². The Balaban J connectivity index is 1.26. The fraction of sp³-hybridized carbons (Fsp3) is 0.381. The van der Waals surface area contributed by atoms with Crippen LogP contribution in [0.15, 0.2) is 23.6 Å². The van der Waals surface area contributed by atoms with E-state index in [1.807, 2.05) is 6.92 Å². The van der Waals surface area contributed by atoms with E-state index in [0.717, 1.165) is 16.0 Å². The Labute approximate surface area is 192 Å². The summed E-state index contributed by atoms with van der Waals surface area (Å²) in [5.74, 6) is -2.00. The number of pyridine rings is 1. The van der Waals surface area contributed by atoms with Crippen molar-refractivity contribution in [2.45, 2.75) is 32.4 Å². The van der Waals surface area contributed by atoms with E-state index in [0.29, 0.717) is 17.7 Å². The van der Waals surface area contributed by atoms with Crippen LogP contribution in [0, 0.1) is 25.5 Å². The molecule has 1 saturated heterocycles. The number of urea groups is 1. The average molecular weight is 474 g/mol. The standard InChI is InChI=1S/C21H21F2N7O2S/c1-11-7-26-28(3)18(11)17-14(22)6-15(23)19(27-17)32-13-9-29(10-13)21(31)30-16(4-5-25-30)20-24-8-12(2)33-20/h5-8,13,16H,4,9-10H2,1-3H3. The van der Waals surface area contributed by atoms with Crippen LogP contribution in [-0.2, 0) is 7.05 Å². The first kappa shape index (κ1) is 21.4. The van der Waals surface area contributed by atoms with Crippen LogP contribution in [0.3, 0.4) is 0 Å². The van der Waals surface area contributed by atoms with Gasteiger partial charge in [0.25, 0.3) is 5.88 Å². The Bertz CT molecular complexity index is 1230. The number of halogens is 2. The number of nitrogens with zero attached hydrogens (tertiary/aromatic N) is 7. The first-order valence-electron chi connectivity index (χ1n) is 10.4. The summed E-state index contributed by atoms with van der Waals surface area (Å²) >= 11 is 1.54. The molecule has 5 heterocycles. The first-order chi connectivity index (χ1) is 15.8. The highest BCUT2D eigenvalue weighted by Gasteiger charge is 2.40. The third kappa shape index (κ3) is 3.84. The Hall–Kier alpha value is -3.41. The number of amides is 2. The Morgan fingerprint density at radius 3 is 2.67 bits per heavy atom. The lowest BCUT2D eigenvalue weighted by atomic mass is 10.1. The molecule has 2 amide bonds. The molecule has 0 saturated carbocycles. The van der Waals surface area contributed by atoms with Crippen molar-refractivity contribution in [3.8, 4) is 17.3 Å². The molecule has 2 aliphatic heterocycles. The number of carbonyl (C=O) groups is 1. The van der Waals surface area contributed by atoms with E-state index in [-0.39, 0.29) is 36.7 Å². The first-order valence-corrected chi connectivity index (χ1v) is 11.2. The van der Waals surface area contributed by atoms with Gasteiger partial charge in [0.05, 0.1) is 25.0 Å². The molecule has 0 aliphatic carbocycles. The zero-order valence-corrected chi connectivity index (χ0v) is 19.0. The molecule has 0 aromatic carbocycles. The van der Waals surface area contributed by atoms with Crippen LogP contribution in [0.2, 0.25) is 0 Å². The quantitative estimate of drug-likeness (QED) is 0.579. The maximum Gasteiger partial charge on any atom is 0.341 e. The molecule has 0 spiro atoms. The second-order valence-electron chi connectivity index (χ2n) is 8.04. The van der Waals surface area contributed by atoms with Gasteiger partial charge in [-0.15, -0.1) is 11.3 Å². The van der Waals surface area contributed by atoms with E-state index in [1.54, 1.807) is 37.5 Å². The molecule has 12 heteroatoms. The minimum Gasteiger partial charge on any atom is -0.468 e. The normalized spacial score (nSPS) is 18.2. The molecule has 3 aromatic heterocycles. The summed E-state index contributed by atoms with van der Waals surface area (Å²) < 4.78 is 35.9. The number of hydrazone groups is 1. The smallest absolute Gasteiger partial charge is 0.341 e. The minimum absolute atomic E-state index is 0.0378. The van der Waals surface area contributed by atoms with Crippen molar-refractivity contribution < 1.29 is 18.3 Å². The number of aromatic nitrogens is 4. The van der Waals surface area contributed by atoms with Crippen LogP contribution < -0.4 is 4.74 Å². The maximum atomic E-state index is 14.4. The molecule has 0 bridgehead atoms. The van der Waals surface area contributed by atoms with Gasteiger partial charge in [-0.05, 0) is 19.4 Å². The molecule has 1 unspecified atom stereocenters. The van der Waals surface area contributed by atoms with Gasteiger partial charge in [-0.25, -0.2) is 28.6 Å². The number of thiazole rings is 1. The van der Waals surface area contributed by atoms with Gasteiger partial charge in [-0.2, -0.15) is 10.2 Å². The lowest BCUT2D eigenvalue weighted by Gasteiger charge is -2.40. The van der Waals surface area contributed by atoms with Crippen molar-refractivity contribution in [3.63, 3.8) is 0 Å². The molecular formula is C21H21F2N7O2S. The molecule has 33 heavy (non-hydrogen) atoms. The molecule has 0 N–H and O–H groups in total. The monoisotopic (exact) mass is 473 g/mol. The topological polar surface area (TPSA) is 88.7 Å². The minimum atomic E-state index is -0.899. The summed E-state index contributed by atoms with van der Waals surface area (Å²) in [6.45, 7) is 4.22. The van der Waals surface area contributed by atoms with E-state index < -0.39 is 17.7 Å². The van der Waals surface area contributed by atoms with Crippen molar-refractivity contribution in [2.75, 3.05) is 13.1 Å². The number of rotatable bonds is 4. The SMILES string of the molecule is Cc1cnc(C2CC=NN2C(=O)N2CC(Oc3nc(-c4c(C)cnn4C)c(F)cc3F)C2)s1. The Morgan fingerprint density at radius 2 is 2.00 bits per heavy atom. The molecule has 0 radical (unpaired) electrons. The third-order valence-electron chi connectivity index (χ3n) is 5.59. The second-order valence-corrected chi connectivity index (χ2v) is 9.30. The van der Waals surface area contributed by atoms with Crippen molar-refractivity contribution in [2.24, 2.45) is 12.1 Å². The predicted octanol–water partition coefficient (Wildman–Crippen LogP) is 3.45. The Kier molecular flexibility index (Phi) is 5.31. The summed E-state index contributed by atoms with van der Waals surface area (Å²) in [6, 6.07) is 0.267. The fourth-order valence-corrected chi connectivity index (χ4v) is 4.76. The largest absolute Gasteiger partial charge is 0.468 e. The number of likely N-dealkylation sites (tertiary alicyclic amines) is 1. The molecule has 1 atom stereocenters. The number of ether oxygens (including phenoxy) is 1. The summed E-state index contributed by atoms with van der Waals surface area (Å²) in [7, 11) is 1.66. The third-order valence-corrected chi connectivity index (χ3v) is 6.60. The zero-order chi connectivity index (χ0) is 23.3. The summed E-state index contributed by atoms with van der Waals surface area (Å²) in [5.41, 5.74) is 1.11. The predicted molar refractivity (Wildman–Crippen MR) is 117 cm³/mol. The molecule has 3 aromatic rings. The van der Waals surface area contributed by atoms with Crippen molar-refractivity contribution in [3.05, 3.63) is 45.5 Å². The summed E-state index contributed by atoms with van der Waals surface area (Å²) in [5, 5.41) is 10.6. The van der Waals surface area contributed by atoms with Gasteiger partial charge in [0.2, 0.25) is 0 Å². The van der Waals surface area contributed by atoms with Gasteiger partial charge >= 0.3 is 6.03 Å². The van der Waals surface area contributed by atoms with Gasteiger partial charge in [0, 0.05) is 36.8 Å². The zero-order valence-electron chi connectivity index (χ0n) is 18.2. The van der Waals surface area contributed by atoms with E-state index in [4.69, 9.17) is 4.74 Å². The van der Waals surface area contributed by atoms with Crippen molar-refractivity contribution in [1.82, 2.24) is 29.7 Å². The second kappa shape index (κ2) is 8.18. The molecule has 9 nitrogen and oxygen atoms in total. The van der Waals surface area contributed by atoms with Crippen molar-refractivity contribution >= 4 is 23.6 Å². The average Bonchev–Trinajstić information content (AvgIpc) is 3.46. The van der Waals surface area contributed by atoms with Crippen LogP contribution in [0.1, 0.15) is 27.9 Å². The van der Waals surface area contributed by atoms with Gasteiger partial charge in [0.1, 0.15) is 22.8 Å². The summed E-state index contributed by atoms with van der Waals surface area (Å²) in [6.07, 6.45) is 5.20. The van der Waals surface area contributed by atoms with Gasteiger partial charge in [0.15, 0.2) is 11.6 Å². The van der Waals surface area contributed by atoms with E-state index in [1.165, 1.54) is 21.0 Å². The number of hydrogen-bond acceptors (Lipinski definition) is 7. The highest BCUT2D eigenvalue weighted by atomic mass is 32.1. The van der Waals surface area contributed by atoms with E-state index in [2.05, 4.69) is 20.2 Å². The fourth-order valence-electron chi connectivity index (χ4n) is 3.89. The lowest BCUT2D eigenvalue weighted by molar-refractivity contribution is 0.0230. The Morgan fingerprint density at radius 1 is 1.21 bits per heavy atom. The lowest BCUT2D eigenvalue weighted by Crippen LogP contribution is -2.59. The van der Waals surface area contributed by atoms with Gasteiger partial charge in [-0.1, -0.05) is 0 Å². The van der Waals surface area contributed by atoms with Gasteiger partial charge in [-0.3, -0.25) is 4.68 Å². The van der Waals surface area contributed by atoms with Crippen LogP contribution in [0.25, 0.3) is 11.4 Å². The highest BCUT2D eigenvalue weighted by Crippen LogP contribution is 2.33. The highest BCUT2D eigenvalue weighted by molar-refractivity contribution is 7.11. The van der Waals surface area contributed by atoms with Crippen LogP contribution in [0.5, 0.6) is 5.88 Å². The molecule has 5 rings (SSSR count). The molecular weight excluding hydrogens is 452 g/mol. The number of hydrogen-bond donors (Lipinski definition) is 0. The number of carbonyl (C=O) groups excluding carboxylic acids is 1. The van der Waals surface area contributed by atoms with E-state index >= 15 is 0 Å². The molecule has 1 fully saturated rings. The summed E-state index contributed by atoms with van der Waals surface area (Å²) in [4.78, 5) is 24.0. The van der Waals surface area contributed by atoms with Crippen LogP contribution >= 0.6 is 11.3 Å². The van der Waals surface area contributed by atoms with Crippen LogP contribution in [-0.4, -0.2) is 61.1 Å². The molecule has 2 aliphatic rings. The maximum absolute atomic E-state index is 14.4. The van der Waals surface area contributed by atoms with Crippen LogP contribution in [0.4, 0.5) is 13.6 Å². The number of aryl methyl sites for hydroxylation is 3. The van der Waals surface area contributed by atoms with Crippen molar-refractivity contribution in [1.29, 1.82) is 0 Å². The van der Waals surface area contributed by atoms with Gasteiger partial charge < -0.3 is 9.64 Å². The molecule has 172 valence electrons.